The Balaban J connectivity index is 0.000000351. The van der Waals surface area contributed by atoms with Gasteiger partial charge in [0.05, 0.1) is 25.3 Å². The second-order valence-electron chi connectivity index (χ2n) is 14.0. The average molecular weight is 498 g/mol. The molecule has 0 aromatic carbocycles. The molecule has 2 rings (SSSR count). The highest BCUT2D eigenvalue weighted by Gasteiger charge is 2.62. The maximum absolute atomic E-state index is 5.87. The van der Waals surface area contributed by atoms with Crippen molar-refractivity contribution in [1.29, 1.82) is 0 Å². The number of hydroxylamine groups is 4. The van der Waals surface area contributed by atoms with E-state index in [2.05, 4.69) is 119 Å². The number of hydrogen-bond donors (Lipinski definition) is 0. The van der Waals surface area contributed by atoms with Gasteiger partial charge in [0, 0.05) is 23.2 Å². The molecule has 0 radical (unpaired) electrons. The van der Waals surface area contributed by atoms with Crippen LogP contribution in [0.1, 0.15) is 129 Å². The van der Waals surface area contributed by atoms with Gasteiger partial charge in [0.25, 0.3) is 0 Å². The topological polar surface area (TPSA) is 28.2 Å². The standard InChI is InChI=1S/C16H33NO.C14H30N2O/c1-10-15(7)12-13(3,4)14(5,6)16(8,11-2)17(15)18-9;1-9-13(5)11-15(7)12(3,4)14(6,10-2)16(13)17-8/h10-12H2,1-9H3;9-11H2,1-8H3. The van der Waals surface area contributed by atoms with E-state index in [1.54, 1.807) is 0 Å². The summed E-state index contributed by atoms with van der Waals surface area (Å²) in [6.45, 7) is 33.7. The largest absolute Gasteiger partial charge is 0.301 e. The first-order valence-electron chi connectivity index (χ1n) is 14.1. The Hall–Kier alpha value is -0.200. The number of piperazine rings is 1. The van der Waals surface area contributed by atoms with Crippen LogP contribution < -0.4 is 0 Å². The molecule has 4 atom stereocenters. The van der Waals surface area contributed by atoms with Crippen molar-refractivity contribution in [2.24, 2.45) is 10.8 Å². The maximum atomic E-state index is 5.87. The molecule has 2 saturated heterocycles. The first kappa shape index (κ1) is 32.8. The number of hydrogen-bond acceptors (Lipinski definition) is 5. The minimum absolute atomic E-state index is 0.0273. The molecule has 2 aliphatic heterocycles. The van der Waals surface area contributed by atoms with E-state index >= 15 is 0 Å². The molecule has 2 fully saturated rings. The van der Waals surface area contributed by atoms with Gasteiger partial charge in [0.15, 0.2) is 0 Å². The first-order valence-corrected chi connectivity index (χ1v) is 14.1. The van der Waals surface area contributed by atoms with Crippen molar-refractivity contribution in [2.45, 2.75) is 157 Å². The lowest BCUT2D eigenvalue weighted by atomic mass is 9.50. The molecule has 210 valence electrons. The van der Waals surface area contributed by atoms with Gasteiger partial charge in [0.2, 0.25) is 0 Å². The molecular formula is C30H63N3O2. The van der Waals surface area contributed by atoms with Gasteiger partial charge in [0.1, 0.15) is 0 Å². The van der Waals surface area contributed by atoms with Gasteiger partial charge >= 0.3 is 0 Å². The summed E-state index contributed by atoms with van der Waals surface area (Å²) < 4.78 is 0. The van der Waals surface area contributed by atoms with Gasteiger partial charge in [-0.1, -0.05) is 55.4 Å². The molecule has 2 heterocycles. The van der Waals surface area contributed by atoms with Crippen LogP contribution in [0.4, 0.5) is 0 Å². The van der Waals surface area contributed by atoms with E-state index in [9.17, 15) is 0 Å². The molecule has 35 heavy (non-hydrogen) atoms. The molecule has 0 saturated carbocycles. The lowest BCUT2D eigenvalue weighted by molar-refractivity contribution is -0.330. The lowest BCUT2D eigenvalue weighted by Crippen LogP contribution is -2.77. The van der Waals surface area contributed by atoms with Crippen molar-refractivity contribution in [3.05, 3.63) is 0 Å². The van der Waals surface area contributed by atoms with Crippen LogP contribution in [0.5, 0.6) is 0 Å². The van der Waals surface area contributed by atoms with Crippen LogP contribution in [0.3, 0.4) is 0 Å². The van der Waals surface area contributed by atoms with E-state index < -0.39 is 0 Å². The Morgan fingerprint density at radius 3 is 1.34 bits per heavy atom. The lowest BCUT2D eigenvalue weighted by Gasteiger charge is -2.67. The smallest absolute Gasteiger partial charge is 0.0616 e. The van der Waals surface area contributed by atoms with Gasteiger partial charge in [-0.25, -0.2) is 0 Å². The van der Waals surface area contributed by atoms with Crippen molar-refractivity contribution < 1.29 is 9.68 Å². The fourth-order valence-corrected chi connectivity index (χ4v) is 7.38. The Bertz CT molecular complexity index is 708. The van der Waals surface area contributed by atoms with E-state index in [1.807, 2.05) is 14.2 Å². The molecule has 0 aromatic heterocycles. The number of likely N-dealkylation sites (N-methyl/N-ethyl adjacent to an activating group) is 1. The summed E-state index contributed by atoms with van der Waals surface area (Å²) in [6.07, 6.45) is 5.57. The summed E-state index contributed by atoms with van der Waals surface area (Å²) in [5.74, 6) is 0. The predicted octanol–water partition coefficient (Wildman–Crippen LogP) is 7.55. The zero-order valence-corrected chi connectivity index (χ0v) is 26.9. The fraction of sp³-hybridized carbons (Fsp3) is 1.00. The SMILES string of the molecule is CCC1(C)CC(C)(C)C(C)(C)C(C)(CC)N1OC.CCC1(C)CN(C)C(C)(C)C(C)(CC)N1OC. The second-order valence-corrected chi connectivity index (χ2v) is 14.0. The predicted molar refractivity (Wildman–Crippen MR) is 151 cm³/mol. The van der Waals surface area contributed by atoms with Gasteiger partial charge in [-0.15, -0.1) is 0 Å². The summed E-state index contributed by atoms with van der Waals surface area (Å²) in [7, 11) is 5.87. The zero-order valence-electron chi connectivity index (χ0n) is 26.9. The Labute approximate surface area is 220 Å². The van der Waals surface area contributed by atoms with Crippen molar-refractivity contribution in [1.82, 2.24) is 15.0 Å². The Morgan fingerprint density at radius 2 is 1.00 bits per heavy atom. The molecule has 0 aromatic rings. The summed E-state index contributed by atoms with van der Waals surface area (Å²) in [5.41, 5.74) is 0.916. The molecule has 0 spiro atoms. The van der Waals surface area contributed by atoms with Crippen molar-refractivity contribution in [3.8, 4) is 0 Å². The number of rotatable bonds is 6. The monoisotopic (exact) mass is 497 g/mol. The summed E-state index contributed by atoms with van der Waals surface area (Å²) in [5, 5.41) is 4.55. The van der Waals surface area contributed by atoms with Gasteiger partial charge in [-0.05, 0) is 91.5 Å². The van der Waals surface area contributed by atoms with Crippen molar-refractivity contribution >= 4 is 0 Å². The molecule has 4 unspecified atom stereocenters. The highest BCUT2D eigenvalue weighted by atomic mass is 16.7. The zero-order chi connectivity index (χ0) is 27.9. The van der Waals surface area contributed by atoms with Crippen LogP contribution in [0, 0.1) is 10.8 Å². The quantitative estimate of drug-likeness (QED) is 0.378. The van der Waals surface area contributed by atoms with Crippen molar-refractivity contribution in [2.75, 3.05) is 27.8 Å². The molecular weight excluding hydrogens is 434 g/mol. The number of nitrogens with zero attached hydrogens (tertiary/aromatic N) is 3. The molecule has 5 heteroatoms. The summed E-state index contributed by atoms with van der Waals surface area (Å²) in [4.78, 5) is 14.1. The van der Waals surface area contributed by atoms with Crippen LogP contribution in [-0.4, -0.2) is 70.5 Å². The summed E-state index contributed by atoms with van der Waals surface area (Å²) >= 11 is 0. The Kier molecular flexibility index (Phi) is 9.86. The highest BCUT2D eigenvalue weighted by Crippen LogP contribution is 2.60. The third-order valence-electron chi connectivity index (χ3n) is 11.9. The summed E-state index contributed by atoms with van der Waals surface area (Å²) in [6, 6.07) is 0. The first-order chi connectivity index (χ1) is 15.7. The third-order valence-corrected chi connectivity index (χ3v) is 11.9. The molecule has 0 N–H and O–H groups in total. The van der Waals surface area contributed by atoms with Gasteiger partial charge in [-0.3, -0.25) is 4.90 Å². The van der Waals surface area contributed by atoms with E-state index in [0.717, 1.165) is 32.2 Å². The number of piperidine rings is 1. The van der Waals surface area contributed by atoms with Crippen LogP contribution in [-0.2, 0) is 9.68 Å². The normalized spacial score (nSPS) is 39.7. The molecule has 0 bridgehead atoms. The van der Waals surface area contributed by atoms with Gasteiger partial charge in [-0.2, -0.15) is 10.1 Å². The minimum atomic E-state index is 0.0273. The average Bonchev–Trinajstić information content (AvgIpc) is 2.77. The minimum Gasteiger partial charge on any atom is -0.301 e. The fourth-order valence-electron chi connectivity index (χ4n) is 7.38. The second kappa shape index (κ2) is 10.5. The molecule has 0 amide bonds. The Morgan fingerprint density at radius 1 is 0.600 bits per heavy atom. The molecule has 0 aliphatic carbocycles. The van der Waals surface area contributed by atoms with E-state index in [4.69, 9.17) is 9.68 Å². The van der Waals surface area contributed by atoms with E-state index in [1.165, 1.54) is 6.42 Å². The highest BCUT2D eigenvalue weighted by molar-refractivity contribution is 5.13. The van der Waals surface area contributed by atoms with Crippen molar-refractivity contribution in [3.63, 3.8) is 0 Å². The van der Waals surface area contributed by atoms with Gasteiger partial charge < -0.3 is 9.68 Å². The molecule has 5 nitrogen and oxygen atoms in total. The van der Waals surface area contributed by atoms with Crippen LogP contribution in [0.2, 0.25) is 0 Å². The van der Waals surface area contributed by atoms with Crippen LogP contribution in [0.15, 0.2) is 0 Å². The van der Waals surface area contributed by atoms with E-state index in [0.29, 0.717) is 5.41 Å². The third kappa shape index (κ3) is 4.87. The van der Waals surface area contributed by atoms with Crippen LogP contribution >= 0.6 is 0 Å². The van der Waals surface area contributed by atoms with Crippen LogP contribution in [0.25, 0.3) is 0 Å². The van der Waals surface area contributed by atoms with E-state index in [-0.39, 0.29) is 33.1 Å². The molecule has 2 aliphatic rings. The maximum Gasteiger partial charge on any atom is 0.0616 e.